The molecule has 2 aliphatic carbocycles. The number of methoxy groups -OCH3 is 1. The Morgan fingerprint density at radius 2 is 1.88 bits per heavy atom. The number of ether oxygens (including phenoxy) is 2. The van der Waals surface area contributed by atoms with Gasteiger partial charge in [0.25, 0.3) is 0 Å². The molecule has 12 heteroatoms. The van der Waals surface area contributed by atoms with Gasteiger partial charge in [-0.15, -0.1) is 0 Å². The maximum absolute atomic E-state index is 13.8. The van der Waals surface area contributed by atoms with Gasteiger partial charge in [0.05, 0.1) is 40.0 Å². The quantitative estimate of drug-likeness (QED) is 0.260. The number of aliphatic hydroxyl groups excluding tert-OH is 3. The van der Waals surface area contributed by atoms with E-state index in [1.807, 2.05) is 0 Å². The van der Waals surface area contributed by atoms with Gasteiger partial charge in [0.1, 0.15) is 12.2 Å². The number of hydrogen-bond acceptors (Lipinski definition) is 7. The van der Waals surface area contributed by atoms with Crippen LogP contribution < -0.4 is 14.8 Å². The van der Waals surface area contributed by atoms with Crippen LogP contribution in [-0.4, -0.2) is 70.5 Å². The Morgan fingerprint density at radius 1 is 1.12 bits per heavy atom. The minimum absolute atomic E-state index is 0.0528. The molecule has 2 aliphatic rings. The second-order valence-electron chi connectivity index (χ2n) is 10.1. The third kappa shape index (κ3) is 7.47. The molecule has 4 N–H and O–H groups in total. The van der Waals surface area contributed by atoms with Gasteiger partial charge in [-0.25, -0.2) is 0 Å². The summed E-state index contributed by atoms with van der Waals surface area (Å²) in [6.07, 6.45) is 1.87. The number of carbonyl (C=O) groups excluding carboxylic acids is 2. The third-order valence-electron chi connectivity index (χ3n) is 7.41. The Kier molecular flexibility index (Phi) is 11.2. The first-order valence-electron chi connectivity index (χ1n) is 13.3. The van der Waals surface area contributed by atoms with Gasteiger partial charge in [-0.05, 0) is 76.9 Å². The molecule has 0 aromatic heterocycles. The fraction of sp³-hybridized carbons (Fsp3) is 0.448. The first-order valence-corrected chi connectivity index (χ1v) is 15.2. The first kappa shape index (κ1) is 31.8. The van der Waals surface area contributed by atoms with Gasteiger partial charge in [-0.2, -0.15) is 0 Å². The van der Waals surface area contributed by atoms with Crippen LogP contribution in [0.1, 0.15) is 36.8 Å². The summed E-state index contributed by atoms with van der Waals surface area (Å²) in [5.41, 5.74) is 1.67. The molecule has 1 fully saturated rings. The lowest BCUT2D eigenvalue weighted by atomic mass is 9.82. The van der Waals surface area contributed by atoms with Gasteiger partial charge >= 0.3 is 0 Å². The molecule has 2 aromatic rings. The van der Waals surface area contributed by atoms with Crippen LogP contribution >= 0.6 is 45.8 Å². The molecule has 0 saturated heterocycles. The van der Waals surface area contributed by atoms with Crippen LogP contribution in [0.15, 0.2) is 42.0 Å². The summed E-state index contributed by atoms with van der Waals surface area (Å²) in [4.78, 5) is 28.5. The zero-order valence-corrected chi connectivity index (χ0v) is 26.2. The highest BCUT2D eigenvalue weighted by molar-refractivity contribution is 14.1. The molecule has 2 aromatic carbocycles. The molecule has 0 unspecified atom stereocenters. The Labute approximate surface area is 262 Å². The van der Waals surface area contributed by atoms with Gasteiger partial charge in [0, 0.05) is 31.0 Å². The summed E-state index contributed by atoms with van der Waals surface area (Å²) >= 11 is 14.4. The van der Waals surface area contributed by atoms with Crippen molar-refractivity contribution >= 4 is 57.6 Å². The third-order valence-corrected chi connectivity index (χ3v) is 8.96. The minimum atomic E-state index is -1.20. The van der Waals surface area contributed by atoms with E-state index >= 15 is 0 Å². The van der Waals surface area contributed by atoms with Crippen molar-refractivity contribution < 1.29 is 34.4 Å². The van der Waals surface area contributed by atoms with Crippen LogP contribution in [0.25, 0.3) is 0 Å². The molecular weight excluding hydrogens is 686 g/mol. The number of rotatable bonds is 11. The van der Waals surface area contributed by atoms with Gasteiger partial charge in [0.2, 0.25) is 11.8 Å². The highest BCUT2D eigenvalue weighted by Gasteiger charge is 2.43. The summed E-state index contributed by atoms with van der Waals surface area (Å²) in [6, 6.07) is 7.70. The average molecular weight is 719 g/mol. The minimum Gasteiger partial charge on any atom is -0.493 e. The van der Waals surface area contributed by atoms with E-state index in [1.54, 1.807) is 41.3 Å². The fourth-order valence-corrected chi connectivity index (χ4v) is 6.09. The van der Waals surface area contributed by atoms with Gasteiger partial charge in [0.15, 0.2) is 11.5 Å². The molecule has 41 heavy (non-hydrogen) atoms. The molecule has 0 radical (unpaired) electrons. The average Bonchev–Trinajstić information content (AvgIpc) is 2.93. The summed E-state index contributed by atoms with van der Waals surface area (Å²) in [5, 5.41) is 34.0. The number of hydrogen-bond donors (Lipinski definition) is 4. The van der Waals surface area contributed by atoms with Crippen molar-refractivity contribution in [2.75, 3.05) is 20.3 Å². The molecule has 0 spiro atoms. The SMILES string of the molecule is COc1cc(CO)cc(I)c1O[C@H]1C=C(C(=O)NCCO)C[C@@H](N(Cc2ccc(Cl)c(Cl)c2)C(=O)C2CCC2)[C@@H]1O. The van der Waals surface area contributed by atoms with Crippen LogP contribution in [0.5, 0.6) is 11.5 Å². The molecule has 0 bridgehead atoms. The molecule has 1 saturated carbocycles. The number of aliphatic hydroxyl groups is 3. The summed E-state index contributed by atoms with van der Waals surface area (Å²) in [6.45, 7) is -0.223. The van der Waals surface area contributed by atoms with E-state index in [-0.39, 0.29) is 44.5 Å². The lowest BCUT2D eigenvalue weighted by Gasteiger charge is -2.43. The lowest BCUT2D eigenvalue weighted by molar-refractivity contribution is -0.146. The molecule has 222 valence electrons. The van der Waals surface area contributed by atoms with E-state index in [2.05, 4.69) is 27.9 Å². The van der Waals surface area contributed by atoms with Crippen LogP contribution in [0.3, 0.4) is 0 Å². The number of amides is 2. The number of halogens is 3. The molecule has 2 amide bonds. The number of carbonyl (C=O) groups is 2. The maximum Gasteiger partial charge on any atom is 0.247 e. The Morgan fingerprint density at radius 3 is 2.49 bits per heavy atom. The van der Waals surface area contributed by atoms with Crippen molar-refractivity contribution in [2.45, 2.75) is 57.1 Å². The first-order chi connectivity index (χ1) is 19.7. The molecule has 9 nitrogen and oxygen atoms in total. The van der Waals surface area contributed by atoms with Crippen LogP contribution in [0.4, 0.5) is 0 Å². The standard InChI is InChI=1S/C29H33Cl2IN2O7/c1-40-25-11-17(15-36)10-22(32)27(25)41-24-13-19(28(38)33-7-8-35)12-23(26(24)37)34(29(39)18-3-2-4-18)14-16-5-6-20(30)21(31)9-16/h5-6,9-11,13,18,23-24,26,35-37H,2-4,7-8,12,14-15H2,1H3,(H,33,38)/t23-,24+,26+/m1/s1. The van der Waals surface area contributed by atoms with Crippen LogP contribution in [0, 0.1) is 9.49 Å². The van der Waals surface area contributed by atoms with Crippen molar-refractivity contribution in [3.63, 3.8) is 0 Å². The lowest BCUT2D eigenvalue weighted by Crippen LogP contribution is -2.56. The van der Waals surface area contributed by atoms with Crippen molar-refractivity contribution in [3.8, 4) is 11.5 Å². The zero-order chi connectivity index (χ0) is 29.7. The Hall–Kier alpha value is -2.09. The van der Waals surface area contributed by atoms with Crippen molar-refractivity contribution in [1.29, 1.82) is 0 Å². The topological polar surface area (TPSA) is 129 Å². The number of nitrogens with zero attached hydrogens (tertiary/aromatic N) is 1. The van der Waals surface area contributed by atoms with Gasteiger partial charge < -0.3 is 35.0 Å². The smallest absolute Gasteiger partial charge is 0.247 e. The maximum atomic E-state index is 13.8. The molecule has 3 atom stereocenters. The predicted octanol–water partition coefficient (Wildman–Crippen LogP) is 3.84. The van der Waals surface area contributed by atoms with Crippen molar-refractivity contribution in [2.24, 2.45) is 5.92 Å². The summed E-state index contributed by atoms with van der Waals surface area (Å²) in [7, 11) is 1.47. The van der Waals surface area contributed by atoms with E-state index in [0.717, 1.165) is 24.8 Å². The second-order valence-corrected chi connectivity index (χ2v) is 12.1. The Bertz CT molecular complexity index is 1300. The highest BCUT2D eigenvalue weighted by Crippen LogP contribution is 2.38. The van der Waals surface area contributed by atoms with Gasteiger partial charge in [-0.1, -0.05) is 35.7 Å². The Balaban J connectivity index is 1.73. The second kappa shape index (κ2) is 14.4. The van der Waals surface area contributed by atoms with E-state index in [0.29, 0.717) is 36.3 Å². The van der Waals surface area contributed by atoms with Crippen molar-refractivity contribution in [3.05, 3.63) is 66.7 Å². The predicted molar refractivity (Wildman–Crippen MR) is 163 cm³/mol. The highest BCUT2D eigenvalue weighted by atomic mass is 127. The summed E-state index contributed by atoms with van der Waals surface area (Å²) in [5.74, 6) is -0.0149. The molecular formula is C29H33Cl2IN2O7. The van der Waals surface area contributed by atoms with E-state index in [1.165, 1.54) is 7.11 Å². The number of nitrogens with one attached hydrogen (secondary N) is 1. The van der Waals surface area contributed by atoms with Crippen LogP contribution in [-0.2, 0) is 22.7 Å². The summed E-state index contributed by atoms with van der Waals surface area (Å²) < 4.78 is 12.4. The normalized spacial score (nSPS) is 20.6. The molecule has 4 rings (SSSR count). The molecule has 0 aliphatic heterocycles. The zero-order valence-electron chi connectivity index (χ0n) is 22.5. The van der Waals surface area contributed by atoms with Gasteiger partial charge in [-0.3, -0.25) is 9.59 Å². The fourth-order valence-electron chi connectivity index (χ4n) is 4.98. The monoisotopic (exact) mass is 718 g/mol. The van der Waals surface area contributed by atoms with E-state index < -0.39 is 24.2 Å². The van der Waals surface area contributed by atoms with E-state index in [4.69, 9.17) is 32.7 Å². The largest absolute Gasteiger partial charge is 0.493 e. The van der Waals surface area contributed by atoms with Crippen LogP contribution in [0.2, 0.25) is 10.0 Å². The number of benzene rings is 2. The van der Waals surface area contributed by atoms with Crippen molar-refractivity contribution in [1.82, 2.24) is 10.2 Å². The molecule has 0 heterocycles. The van der Waals surface area contributed by atoms with E-state index in [9.17, 15) is 24.9 Å².